The third-order valence-corrected chi connectivity index (χ3v) is 3.06. The Morgan fingerprint density at radius 3 is 2.88 bits per heavy atom. The summed E-state index contributed by atoms with van der Waals surface area (Å²) in [7, 11) is 0. The van der Waals surface area contributed by atoms with Crippen LogP contribution in [-0.2, 0) is 6.54 Å². The van der Waals surface area contributed by atoms with Crippen LogP contribution in [0.15, 0.2) is 16.7 Å². The fourth-order valence-electron chi connectivity index (χ4n) is 1.63. The monoisotopic (exact) mass is 296 g/mol. The van der Waals surface area contributed by atoms with E-state index in [0.717, 1.165) is 17.4 Å². The van der Waals surface area contributed by atoms with Crippen molar-refractivity contribution in [2.45, 2.75) is 39.3 Å². The van der Waals surface area contributed by atoms with Gasteiger partial charge >= 0.3 is 0 Å². The Morgan fingerprint density at radius 1 is 1.65 bits per heavy atom. The second-order valence-corrected chi connectivity index (χ2v) is 4.73. The molecule has 1 heterocycles. The fraction of sp³-hybridized carbons (Fsp3) is 0.462. The molecule has 0 aliphatic rings. The van der Waals surface area contributed by atoms with Crippen molar-refractivity contribution in [1.82, 2.24) is 9.88 Å². The van der Waals surface area contributed by atoms with Gasteiger partial charge in [-0.25, -0.2) is 0 Å². The highest BCUT2D eigenvalue weighted by Gasteiger charge is 2.15. The Morgan fingerprint density at radius 2 is 2.35 bits per heavy atom. The van der Waals surface area contributed by atoms with Gasteiger partial charge in [0.2, 0.25) is 0 Å². The van der Waals surface area contributed by atoms with Crippen LogP contribution < -0.4 is 5.32 Å². The second-order valence-electron chi connectivity index (χ2n) is 3.82. The molecule has 0 saturated carbocycles. The van der Waals surface area contributed by atoms with Crippen molar-refractivity contribution >= 4 is 21.8 Å². The Balaban J connectivity index is 2.78. The molecule has 92 valence electrons. The Bertz CT molecular complexity index is 431. The maximum absolute atomic E-state index is 12.1. The van der Waals surface area contributed by atoms with Crippen LogP contribution in [0.4, 0.5) is 0 Å². The standard InChI is InChI=1S/C13H17BrN2O/c1-4-7-11(5-2)15-13(17)12-8-10(14)9-16(12)6-3/h1,8-9,11H,5-7H2,2-3H3,(H,15,17). The number of hydrogen-bond acceptors (Lipinski definition) is 1. The number of carbonyl (C=O) groups excluding carboxylic acids is 1. The molecule has 1 N–H and O–H groups in total. The normalized spacial score (nSPS) is 11.9. The van der Waals surface area contributed by atoms with Gasteiger partial charge in [0, 0.05) is 29.7 Å². The Labute approximate surface area is 111 Å². The maximum Gasteiger partial charge on any atom is 0.268 e. The molecule has 0 radical (unpaired) electrons. The van der Waals surface area contributed by atoms with Gasteiger partial charge in [-0.15, -0.1) is 12.3 Å². The lowest BCUT2D eigenvalue weighted by Crippen LogP contribution is -2.35. The average molecular weight is 297 g/mol. The van der Waals surface area contributed by atoms with Gasteiger partial charge in [0.15, 0.2) is 0 Å². The van der Waals surface area contributed by atoms with Crippen LogP contribution in [0.2, 0.25) is 0 Å². The maximum atomic E-state index is 12.1. The number of aromatic nitrogens is 1. The third-order valence-electron chi connectivity index (χ3n) is 2.63. The van der Waals surface area contributed by atoms with E-state index < -0.39 is 0 Å². The molecular formula is C13H17BrN2O. The molecule has 0 aliphatic heterocycles. The van der Waals surface area contributed by atoms with E-state index >= 15 is 0 Å². The summed E-state index contributed by atoms with van der Waals surface area (Å²) in [5.74, 6) is 2.51. The Hall–Kier alpha value is -1.21. The van der Waals surface area contributed by atoms with Gasteiger partial charge in [0.1, 0.15) is 5.69 Å². The van der Waals surface area contributed by atoms with E-state index in [-0.39, 0.29) is 11.9 Å². The minimum Gasteiger partial charge on any atom is -0.347 e. The molecule has 1 unspecified atom stereocenters. The molecule has 1 aromatic heterocycles. The molecule has 1 aromatic rings. The van der Waals surface area contributed by atoms with Gasteiger partial charge in [-0.05, 0) is 35.3 Å². The van der Waals surface area contributed by atoms with Gasteiger partial charge in [-0.3, -0.25) is 4.79 Å². The lowest BCUT2D eigenvalue weighted by molar-refractivity contribution is 0.0927. The van der Waals surface area contributed by atoms with Crippen LogP contribution in [0, 0.1) is 12.3 Å². The molecule has 1 rings (SSSR count). The van der Waals surface area contributed by atoms with Crippen molar-refractivity contribution in [1.29, 1.82) is 0 Å². The first-order valence-electron chi connectivity index (χ1n) is 5.72. The minimum atomic E-state index is -0.0698. The number of hydrogen-bond donors (Lipinski definition) is 1. The van der Waals surface area contributed by atoms with Gasteiger partial charge in [0.05, 0.1) is 0 Å². The summed E-state index contributed by atoms with van der Waals surface area (Å²) < 4.78 is 2.82. The number of aryl methyl sites for hydroxylation is 1. The van der Waals surface area contributed by atoms with Gasteiger partial charge in [-0.1, -0.05) is 6.92 Å². The molecule has 1 atom stereocenters. The highest BCUT2D eigenvalue weighted by Crippen LogP contribution is 2.15. The largest absolute Gasteiger partial charge is 0.347 e. The quantitative estimate of drug-likeness (QED) is 0.833. The van der Waals surface area contributed by atoms with Gasteiger partial charge in [-0.2, -0.15) is 0 Å². The molecule has 4 heteroatoms. The number of nitrogens with zero attached hydrogens (tertiary/aromatic N) is 1. The third kappa shape index (κ3) is 3.64. The molecule has 0 fully saturated rings. The molecule has 17 heavy (non-hydrogen) atoms. The number of terminal acetylenes is 1. The van der Waals surface area contributed by atoms with Crippen LogP contribution in [0.3, 0.4) is 0 Å². The summed E-state index contributed by atoms with van der Waals surface area (Å²) in [6, 6.07) is 1.87. The lowest BCUT2D eigenvalue weighted by Gasteiger charge is -2.14. The zero-order valence-corrected chi connectivity index (χ0v) is 11.8. The number of halogens is 1. The first-order chi connectivity index (χ1) is 8.12. The SMILES string of the molecule is C#CCC(CC)NC(=O)c1cc(Br)cn1CC. The number of carbonyl (C=O) groups is 1. The van der Waals surface area contributed by atoms with Gasteiger partial charge in [0.25, 0.3) is 5.91 Å². The summed E-state index contributed by atoms with van der Waals surface area (Å²) in [5.41, 5.74) is 0.662. The first kappa shape index (κ1) is 13.9. The molecule has 0 spiro atoms. The predicted octanol–water partition coefficient (Wildman–Crippen LogP) is 2.80. The summed E-state index contributed by atoms with van der Waals surface area (Å²) >= 11 is 3.37. The molecule has 1 amide bonds. The van der Waals surface area contributed by atoms with E-state index in [1.165, 1.54) is 0 Å². The van der Waals surface area contributed by atoms with Crippen LogP contribution >= 0.6 is 15.9 Å². The van der Waals surface area contributed by atoms with Crippen molar-refractivity contribution in [2.24, 2.45) is 0 Å². The van der Waals surface area contributed by atoms with Crippen molar-refractivity contribution in [3.05, 3.63) is 22.4 Å². The van der Waals surface area contributed by atoms with E-state index in [2.05, 4.69) is 27.2 Å². The predicted molar refractivity (Wildman–Crippen MR) is 72.8 cm³/mol. The summed E-state index contributed by atoms with van der Waals surface area (Å²) in [4.78, 5) is 12.1. The smallest absolute Gasteiger partial charge is 0.268 e. The van der Waals surface area contributed by atoms with Crippen molar-refractivity contribution < 1.29 is 4.79 Å². The fourth-order valence-corrected chi connectivity index (χ4v) is 2.09. The highest BCUT2D eigenvalue weighted by atomic mass is 79.9. The zero-order chi connectivity index (χ0) is 12.8. The molecule has 0 saturated heterocycles. The van der Waals surface area contributed by atoms with Crippen molar-refractivity contribution in [3.8, 4) is 12.3 Å². The van der Waals surface area contributed by atoms with E-state index in [1.54, 1.807) is 0 Å². The van der Waals surface area contributed by atoms with Crippen molar-refractivity contribution in [3.63, 3.8) is 0 Å². The molecular weight excluding hydrogens is 280 g/mol. The topological polar surface area (TPSA) is 34.0 Å². The molecule has 0 aromatic carbocycles. The van der Waals surface area contributed by atoms with Crippen molar-refractivity contribution in [2.75, 3.05) is 0 Å². The molecule has 0 aliphatic carbocycles. The van der Waals surface area contributed by atoms with E-state index in [0.29, 0.717) is 12.1 Å². The summed E-state index contributed by atoms with van der Waals surface area (Å²) in [6.45, 7) is 4.78. The highest BCUT2D eigenvalue weighted by molar-refractivity contribution is 9.10. The average Bonchev–Trinajstić information content (AvgIpc) is 2.69. The van der Waals surface area contributed by atoms with E-state index in [1.807, 2.05) is 30.7 Å². The summed E-state index contributed by atoms with van der Waals surface area (Å²) in [5, 5.41) is 2.95. The second kappa shape index (κ2) is 6.51. The van der Waals surface area contributed by atoms with Crippen LogP contribution in [0.5, 0.6) is 0 Å². The van der Waals surface area contributed by atoms with E-state index in [4.69, 9.17) is 6.42 Å². The first-order valence-corrected chi connectivity index (χ1v) is 6.51. The number of amides is 1. The molecule has 3 nitrogen and oxygen atoms in total. The minimum absolute atomic E-state index is 0.0477. The Kier molecular flexibility index (Phi) is 5.30. The van der Waals surface area contributed by atoms with Crippen LogP contribution in [0.1, 0.15) is 37.2 Å². The number of rotatable bonds is 5. The number of nitrogens with one attached hydrogen (secondary N) is 1. The van der Waals surface area contributed by atoms with Crippen LogP contribution in [0.25, 0.3) is 0 Å². The summed E-state index contributed by atoms with van der Waals surface area (Å²) in [6.07, 6.45) is 8.57. The van der Waals surface area contributed by atoms with Crippen LogP contribution in [-0.4, -0.2) is 16.5 Å². The lowest BCUT2D eigenvalue weighted by atomic mass is 10.1. The molecule has 0 bridgehead atoms. The van der Waals surface area contributed by atoms with Gasteiger partial charge < -0.3 is 9.88 Å². The van der Waals surface area contributed by atoms with E-state index in [9.17, 15) is 4.79 Å². The zero-order valence-electron chi connectivity index (χ0n) is 10.2.